The van der Waals surface area contributed by atoms with Gasteiger partial charge in [0, 0.05) is 11.8 Å². The predicted octanol–water partition coefficient (Wildman–Crippen LogP) is 4.26. The fourth-order valence-electron chi connectivity index (χ4n) is 3.19. The Hall–Kier alpha value is -2.89. The van der Waals surface area contributed by atoms with Crippen molar-refractivity contribution < 1.29 is 14.1 Å². The molecule has 0 atom stereocenters. The Kier molecular flexibility index (Phi) is 3.67. The van der Waals surface area contributed by atoms with Crippen molar-refractivity contribution in [3.63, 3.8) is 0 Å². The molecule has 0 unspecified atom stereocenters. The summed E-state index contributed by atoms with van der Waals surface area (Å²) in [7, 11) is 0. The third kappa shape index (κ3) is 2.63. The zero-order chi connectivity index (χ0) is 17.4. The van der Waals surface area contributed by atoms with E-state index in [0.29, 0.717) is 35.0 Å². The van der Waals surface area contributed by atoms with Crippen LogP contribution in [0.3, 0.4) is 0 Å². The molecule has 1 aliphatic rings. The van der Waals surface area contributed by atoms with Gasteiger partial charge in [-0.2, -0.15) is 4.98 Å². The highest BCUT2D eigenvalue weighted by Gasteiger charge is 2.37. The number of carbonyl (C=O) groups excluding carboxylic acids is 1. The van der Waals surface area contributed by atoms with E-state index < -0.39 is 5.60 Å². The predicted molar refractivity (Wildman–Crippen MR) is 92.4 cm³/mol. The molecule has 6 nitrogen and oxygen atoms in total. The quantitative estimate of drug-likeness (QED) is 0.769. The van der Waals surface area contributed by atoms with E-state index >= 15 is 0 Å². The zero-order valence-electron chi connectivity index (χ0n) is 14.2. The molecule has 0 bridgehead atoms. The summed E-state index contributed by atoms with van der Waals surface area (Å²) in [4.78, 5) is 20.1. The van der Waals surface area contributed by atoms with Crippen LogP contribution >= 0.6 is 0 Å². The first kappa shape index (κ1) is 15.6. The van der Waals surface area contributed by atoms with Crippen LogP contribution in [-0.2, 0) is 0 Å². The van der Waals surface area contributed by atoms with E-state index in [-0.39, 0.29) is 5.78 Å². The summed E-state index contributed by atoms with van der Waals surface area (Å²) >= 11 is 0. The van der Waals surface area contributed by atoms with Crippen LogP contribution in [0, 0.1) is 0 Å². The minimum absolute atomic E-state index is 0.0934. The number of ether oxygens (including phenoxy) is 1. The Morgan fingerprint density at radius 2 is 2.08 bits per heavy atom. The highest BCUT2D eigenvalue weighted by Crippen LogP contribution is 2.38. The van der Waals surface area contributed by atoms with Gasteiger partial charge in [-0.1, -0.05) is 19.0 Å². The molecule has 2 aromatic heterocycles. The number of H-pyrrole nitrogens is 1. The van der Waals surface area contributed by atoms with Gasteiger partial charge in [-0.25, -0.2) is 0 Å². The van der Waals surface area contributed by atoms with E-state index in [4.69, 9.17) is 9.26 Å². The van der Waals surface area contributed by atoms with Gasteiger partial charge in [0.25, 0.3) is 5.89 Å². The van der Waals surface area contributed by atoms with Crippen molar-refractivity contribution in [3.05, 3.63) is 42.1 Å². The lowest BCUT2D eigenvalue weighted by Crippen LogP contribution is -2.40. The van der Waals surface area contributed by atoms with Crippen molar-refractivity contribution in [3.8, 4) is 28.7 Å². The molecule has 25 heavy (non-hydrogen) atoms. The number of benzene rings is 1. The number of fused-ring (bicyclic) bond motifs is 1. The molecule has 3 aromatic rings. The summed E-state index contributed by atoms with van der Waals surface area (Å²) in [6.45, 7) is 4.10. The van der Waals surface area contributed by atoms with E-state index in [1.165, 1.54) is 0 Å². The summed E-state index contributed by atoms with van der Waals surface area (Å²) in [5.74, 6) is 1.59. The van der Waals surface area contributed by atoms with Gasteiger partial charge in [0.1, 0.15) is 11.4 Å². The number of rotatable bonds is 4. The number of nitrogens with one attached hydrogen (secondary N) is 1. The van der Waals surface area contributed by atoms with Gasteiger partial charge in [-0.15, -0.1) is 0 Å². The van der Waals surface area contributed by atoms with Crippen molar-refractivity contribution in [2.45, 2.75) is 38.7 Å². The summed E-state index contributed by atoms with van der Waals surface area (Å²) in [5.41, 5.74) is 1.68. The minimum atomic E-state index is -0.392. The van der Waals surface area contributed by atoms with E-state index in [2.05, 4.69) is 29.0 Å². The molecule has 0 radical (unpaired) electrons. The fraction of sp³-hybridized carbons (Fsp3) is 0.316. The third-order valence-corrected chi connectivity index (χ3v) is 4.89. The lowest BCUT2D eigenvalue weighted by Gasteiger charge is -2.36. The number of ketones is 1. The third-order valence-electron chi connectivity index (χ3n) is 4.89. The van der Waals surface area contributed by atoms with E-state index in [9.17, 15) is 4.79 Å². The first-order chi connectivity index (χ1) is 12.1. The van der Waals surface area contributed by atoms with Crippen molar-refractivity contribution in [1.29, 1.82) is 0 Å². The maximum absolute atomic E-state index is 12.6. The second-order valence-electron chi connectivity index (χ2n) is 6.31. The van der Waals surface area contributed by atoms with Crippen molar-refractivity contribution in [2.24, 2.45) is 0 Å². The molecule has 0 aliphatic carbocycles. The molecular formula is C19H19N3O3. The van der Waals surface area contributed by atoms with E-state index in [0.717, 1.165) is 18.5 Å². The van der Waals surface area contributed by atoms with Gasteiger partial charge in [0.2, 0.25) is 5.82 Å². The average molecular weight is 337 g/mol. The monoisotopic (exact) mass is 337 g/mol. The average Bonchev–Trinajstić information content (AvgIpc) is 3.32. The number of aromatic nitrogens is 3. The maximum Gasteiger partial charge on any atom is 0.258 e. The largest absolute Gasteiger partial charge is 0.486 e. The Bertz CT molecular complexity index is 908. The van der Waals surface area contributed by atoms with E-state index in [1.807, 2.05) is 24.3 Å². The SMILES string of the molecule is CCC1(CC)CC(=O)c2cc(-c3nc(-c4ccc[nH]4)no3)ccc2O1. The smallest absolute Gasteiger partial charge is 0.258 e. The molecule has 1 aliphatic heterocycles. The number of nitrogens with zero attached hydrogens (tertiary/aromatic N) is 2. The second-order valence-corrected chi connectivity index (χ2v) is 6.31. The van der Waals surface area contributed by atoms with E-state index in [1.54, 1.807) is 12.3 Å². The highest BCUT2D eigenvalue weighted by atomic mass is 16.5. The van der Waals surface area contributed by atoms with Crippen LogP contribution in [0.4, 0.5) is 0 Å². The van der Waals surface area contributed by atoms with Crippen LogP contribution in [0.1, 0.15) is 43.5 Å². The summed E-state index contributed by atoms with van der Waals surface area (Å²) in [5, 5.41) is 3.98. The molecule has 128 valence electrons. The lowest BCUT2D eigenvalue weighted by molar-refractivity contribution is 0.0350. The standard InChI is InChI=1S/C19H19N3O3/c1-3-19(4-2)11-15(23)13-10-12(7-8-16(13)24-19)18-21-17(22-25-18)14-6-5-9-20-14/h5-10,20H,3-4,11H2,1-2H3. The van der Waals surface area contributed by atoms with Gasteiger partial charge < -0.3 is 14.2 Å². The van der Waals surface area contributed by atoms with Crippen molar-refractivity contribution >= 4 is 5.78 Å². The van der Waals surface area contributed by atoms with Gasteiger partial charge in [0.05, 0.1) is 17.7 Å². The number of hydrogen-bond acceptors (Lipinski definition) is 5. The Balaban J connectivity index is 1.69. The normalized spacial score (nSPS) is 15.7. The molecule has 0 saturated heterocycles. The molecule has 0 saturated carbocycles. The Labute approximate surface area is 145 Å². The van der Waals surface area contributed by atoms with Crippen LogP contribution in [0.15, 0.2) is 41.1 Å². The Morgan fingerprint density at radius 3 is 2.80 bits per heavy atom. The molecule has 6 heteroatoms. The highest BCUT2D eigenvalue weighted by molar-refractivity contribution is 6.01. The topological polar surface area (TPSA) is 81.0 Å². The van der Waals surface area contributed by atoms with Gasteiger partial charge >= 0.3 is 0 Å². The van der Waals surface area contributed by atoms with Crippen LogP contribution in [0.5, 0.6) is 5.75 Å². The molecule has 0 amide bonds. The Morgan fingerprint density at radius 1 is 1.24 bits per heavy atom. The van der Waals surface area contributed by atoms with Crippen LogP contribution in [-0.4, -0.2) is 26.5 Å². The number of carbonyl (C=O) groups is 1. The first-order valence-corrected chi connectivity index (χ1v) is 8.48. The summed E-state index contributed by atoms with van der Waals surface area (Å²) in [6.07, 6.45) is 3.81. The molecule has 0 spiro atoms. The minimum Gasteiger partial charge on any atom is -0.486 e. The molecular weight excluding hydrogens is 318 g/mol. The van der Waals surface area contributed by atoms with Crippen molar-refractivity contribution in [1.82, 2.24) is 15.1 Å². The van der Waals surface area contributed by atoms with Crippen LogP contribution < -0.4 is 4.74 Å². The van der Waals surface area contributed by atoms with Gasteiger partial charge in [-0.05, 0) is 43.2 Å². The summed E-state index contributed by atoms with van der Waals surface area (Å²) < 4.78 is 11.5. The molecule has 1 N–H and O–H groups in total. The van der Waals surface area contributed by atoms with Gasteiger partial charge in [0.15, 0.2) is 5.78 Å². The zero-order valence-corrected chi connectivity index (χ0v) is 14.2. The molecule has 4 rings (SSSR count). The first-order valence-electron chi connectivity index (χ1n) is 8.48. The fourth-order valence-corrected chi connectivity index (χ4v) is 3.19. The van der Waals surface area contributed by atoms with Crippen LogP contribution in [0.2, 0.25) is 0 Å². The number of Topliss-reactive ketones (excluding diaryl/α,β-unsaturated/α-hetero) is 1. The van der Waals surface area contributed by atoms with Crippen LogP contribution in [0.25, 0.3) is 23.0 Å². The second kappa shape index (κ2) is 5.88. The molecule has 1 aromatic carbocycles. The number of aromatic amines is 1. The molecule has 3 heterocycles. The maximum atomic E-state index is 12.6. The molecule has 0 fully saturated rings. The summed E-state index contributed by atoms with van der Waals surface area (Å²) in [6, 6.07) is 9.18. The van der Waals surface area contributed by atoms with Gasteiger partial charge in [-0.3, -0.25) is 4.79 Å². The van der Waals surface area contributed by atoms with Crippen molar-refractivity contribution in [2.75, 3.05) is 0 Å². The number of hydrogen-bond donors (Lipinski definition) is 1. The lowest BCUT2D eigenvalue weighted by atomic mass is 9.85.